The highest BCUT2D eigenvalue weighted by atomic mass is 32.1. The van der Waals surface area contributed by atoms with E-state index in [0.29, 0.717) is 24.2 Å². The number of carbonyl (C=O) groups excluding carboxylic acids is 1. The zero-order valence-corrected chi connectivity index (χ0v) is 9.41. The van der Waals surface area contributed by atoms with E-state index in [0.717, 1.165) is 5.01 Å². The van der Waals surface area contributed by atoms with Gasteiger partial charge in [-0.3, -0.25) is 9.78 Å². The molecule has 0 aliphatic carbocycles. The van der Waals surface area contributed by atoms with E-state index in [4.69, 9.17) is 5.73 Å². The van der Waals surface area contributed by atoms with Gasteiger partial charge in [0.2, 0.25) is 5.78 Å². The molecule has 2 rings (SSSR count). The summed E-state index contributed by atoms with van der Waals surface area (Å²) in [6.45, 7) is 0.550. The number of nitrogens with two attached hydrogens (primary N) is 1. The molecule has 0 amide bonds. The van der Waals surface area contributed by atoms with E-state index in [2.05, 4.69) is 9.97 Å². The van der Waals surface area contributed by atoms with Crippen LogP contribution in [0.1, 0.15) is 21.1 Å². The van der Waals surface area contributed by atoms with Crippen LogP contribution in [0.15, 0.2) is 29.9 Å². The number of thiazole rings is 1. The third-order valence-corrected chi connectivity index (χ3v) is 2.97. The zero-order valence-electron chi connectivity index (χ0n) is 8.59. The van der Waals surface area contributed by atoms with Gasteiger partial charge in [-0.15, -0.1) is 11.3 Å². The number of hydrogen-bond acceptors (Lipinski definition) is 5. The lowest BCUT2D eigenvalue weighted by molar-refractivity contribution is 0.103. The van der Waals surface area contributed by atoms with Crippen LogP contribution < -0.4 is 5.73 Å². The van der Waals surface area contributed by atoms with Crippen molar-refractivity contribution in [1.82, 2.24) is 9.97 Å². The molecule has 0 radical (unpaired) electrons. The molecule has 0 bridgehead atoms. The minimum absolute atomic E-state index is 0.0902. The predicted molar refractivity (Wildman–Crippen MR) is 62.5 cm³/mol. The fraction of sp³-hybridized carbons (Fsp3) is 0.182. The van der Waals surface area contributed by atoms with Gasteiger partial charge in [0.25, 0.3) is 0 Å². The zero-order chi connectivity index (χ0) is 11.4. The molecule has 2 heterocycles. The number of carbonyl (C=O) groups is 1. The van der Waals surface area contributed by atoms with Crippen LogP contribution in [0.3, 0.4) is 0 Å². The number of rotatable bonds is 4. The van der Waals surface area contributed by atoms with Gasteiger partial charge in [-0.1, -0.05) is 0 Å². The Bertz CT molecular complexity index is 481. The summed E-state index contributed by atoms with van der Waals surface area (Å²) in [7, 11) is 0. The van der Waals surface area contributed by atoms with Crippen LogP contribution in [0.25, 0.3) is 0 Å². The van der Waals surface area contributed by atoms with Crippen LogP contribution in [-0.4, -0.2) is 22.3 Å². The average molecular weight is 233 g/mol. The second-order valence-corrected chi connectivity index (χ2v) is 4.18. The van der Waals surface area contributed by atoms with E-state index < -0.39 is 0 Å². The molecule has 0 saturated heterocycles. The number of aromatic nitrogens is 2. The van der Waals surface area contributed by atoms with E-state index in [1.54, 1.807) is 29.9 Å². The van der Waals surface area contributed by atoms with Crippen molar-refractivity contribution in [2.75, 3.05) is 6.54 Å². The quantitative estimate of drug-likeness (QED) is 0.807. The highest BCUT2D eigenvalue weighted by molar-refractivity contribution is 7.09. The standard InChI is InChI=1S/C11H11N3OS/c12-4-3-10-14-9(7-16-10)11(15)8-2-1-5-13-6-8/h1-2,5-7H,3-4,12H2. The van der Waals surface area contributed by atoms with Gasteiger partial charge in [0.05, 0.1) is 5.01 Å². The third kappa shape index (κ3) is 2.32. The van der Waals surface area contributed by atoms with Crippen LogP contribution in [0, 0.1) is 0 Å². The van der Waals surface area contributed by atoms with E-state index in [-0.39, 0.29) is 5.78 Å². The van der Waals surface area contributed by atoms with Gasteiger partial charge in [0.15, 0.2) is 0 Å². The predicted octanol–water partition coefficient (Wildman–Crippen LogP) is 1.27. The number of nitrogens with zero attached hydrogens (tertiary/aromatic N) is 2. The minimum atomic E-state index is -0.0902. The largest absolute Gasteiger partial charge is 0.330 e. The van der Waals surface area contributed by atoms with Crippen molar-refractivity contribution in [2.45, 2.75) is 6.42 Å². The van der Waals surface area contributed by atoms with Crippen molar-refractivity contribution in [3.63, 3.8) is 0 Å². The van der Waals surface area contributed by atoms with Gasteiger partial charge >= 0.3 is 0 Å². The molecule has 0 spiro atoms. The molecule has 5 heteroatoms. The maximum atomic E-state index is 11.9. The lowest BCUT2D eigenvalue weighted by Crippen LogP contribution is -2.05. The molecule has 0 aromatic carbocycles. The van der Waals surface area contributed by atoms with Crippen molar-refractivity contribution in [3.05, 3.63) is 46.2 Å². The number of ketones is 1. The molecule has 0 unspecified atom stereocenters. The van der Waals surface area contributed by atoms with Crippen LogP contribution in [-0.2, 0) is 6.42 Å². The van der Waals surface area contributed by atoms with E-state index in [9.17, 15) is 4.79 Å². The highest BCUT2D eigenvalue weighted by Crippen LogP contribution is 2.13. The SMILES string of the molecule is NCCc1nc(C(=O)c2cccnc2)cs1. The Balaban J connectivity index is 2.21. The Kier molecular flexibility index (Phi) is 3.38. The summed E-state index contributed by atoms with van der Waals surface area (Å²) >= 11 is 1.46. The van der Waals surface area contributed by atoms with E-state index in [1.165, 1.54) is 11.3 Å². The lowest BCUT2D eigenvalue weighted by Gasteiger charge is -1.95. The summed E-state index contributed by atoms with van der Waals surface area (Å²) in [4.78, 5) is 20.1. The summed E-state index contributed by atoms with van der Waals surface area (Å²) < 4.78 is 0. The second kappa shape index (κ2) is 4.96. The normalized spacial score (nSPS) is 10.3. The van der Waals surface area contributed by atoms with Crippen LogP contribution in [0.5, 0.6) is 0 Å². The molecule has 2 aromatic rings. The smallest absolute Gasteiger partial charge is 0.213 e. The Labute approximate surface area is 97.2 Å². The van der Waals surface area contributed by atoms with Gasteiger partial charge in [-0.05, 0) is 18.7 Å². The summed E-state index contributed by atoms with van der Waals surface area (Å²) in [6, 6.07) is 3.47. The molecular formula is C11H11N3OS. The molecule has 0 aliphatic heterocycles. The van der Waals surface area contributed by atoms with Crippen LogP contribution in [0.4, 0.5) is 0 Å². The first-order chi connectivity index (χ1) is 7.81. The maximum Gasteiger partial charge on any atom is 0.213 e. The second-order valence-electron chi connectivity index (χ2n) is 3.24. The summed E-state index contributed by atoms with van der Waals surface area (Å²) in [6.07, 6.45) is 3.90. The molecule has 0 aliphatic rings. The molecule has 0 saturated carbocycles. The Morgan fingerprint density at radius 3 is 3.06 bits per heavy atom. The number of hydrogen-bond donors (Lipinski definition) is 1. The van der Waals surface area contributed by atoms with Gasteiger partial charge in [-0.2, -0.15) is 0 Å². The molecule has 82 valence electrons. The molecule has 0 fully saturated rings. The summed E-state index contributed by atoms with van der Waals surface area (Å²) in [5.74, 6) is -0.0902. The maximum absolute atomic E-state index is 11.9. The van der Waals surface area contributed by atoms with E-state index in [1.807, 2.05) is 0 Å². The summed E-state index contributed by atoms with van der Waals surface area (Å²) in [5, 5.41) is 2.66. The Morgan fingerprint density at radius 2 is 2.38 bits per heavy atom. The highest BCUT2D eigenvalue weighted by Gasteiger charge is 2.12. The van der Waals surface area contributed by atoms with Gasteiger partial charge in [-0.25, -0.2) is 4.98 Å². The molecule has 2 N–H and O–H groups in total. The van der Waals surface area contributed by atoms with Crippen molar-refractivity contribution in [2.24, 2.45) is 5.73 Å². The van der Waals surface area contributed by atoms with Crippen molar-refractivity contribution in [1.29, 1.82) is 0 Å². The average Bonchev–Trinajstić information content (AvgIpc) is 2.78. The molecule has 16 heavy (non-hydrogen) atoms. The Hall–Kier alpha value is -1.59. The van der Waals surface area contributed by atoms with Gasteiger partial charge < -0.3 is 5.73 Å². The first-order valence-corrected chi connectivity index (χ1v) is 5.78. The van der Waals surface area contributed by atoms with Gasteiger partial charge in [0, 0.05) is 29.8 Å². The fourth-order valence-corrected chi connectivity index (χ4v) is 2.09. The van der Waals surface area contributed by atoms with E-state index >= 15 is 0 Å². The van der Waals surface area contributed by atoms with Crippen LogP contribution in [0.2, 0.25) is 0 Å². The fourth-order valence-electron chi connectivity index (χ4n) is 1.30. The van der Waals surface area contributed by atoms with Crippen LogP contribution >= 0.6 is 11.3 Å². The lowest BCUT2D eigenvalue weighted by atomic mass is 10.1. The third-order valence-electron chi connectivity index (χ3n) is 2.07. The topological polar surface area (TPSA) is 68.9 Å². The van der Waals surface area contributed by atoms with Crippen molar-refractivity contribution < 1.29 is 4.79 Å². The molecular weight excluding hydrogens is 222 g/mol. The molecule has 2 aromatic heterocycles. The Morgan fingerprint density at radius 1 is 1.50 bits per heavy atom. The minimum Gasteiger partial charge on any atom is -0.330 e. The molecule has 0 atom stereocenters. The monoisotopic (exact) mass is 233 g/mol. The molecule has 4 nitrogen and oxygen atoms in total. The van der Waals surface area contributed by atoms with Crippen molar-refractivity contribution >= 4 is 17.1 Å². The first-order valence-electron chi connectivity index (χ1n) is 4.90. The summed E-state index contributed by atoms with van der Waals surface area (Å²) in [5.41, 5.74) is 6.46. The number of pyridine rings is 1. The van der Waals surface area contributed by atoms with Gasteiger partial charge in [0.1, 0.15) is 5.69 Å². The van der Waals surface area contributed by atoms with Crippen molar-refractivity contribution in [3.8, 4) is 0 Å². The first kappa shape index (κ1) is 10.9.